The summed E-state index contributed by atoms with van der Waals surface area (Å²) in [7, 11) is 1.66. The summed E-state index contributed by atoms with van der Waals surface area (Å²) in [6.07, 6.45) is 2.57. The molecule has 0 aromatic heterocycles. The van der Waals surface area contributed by atoms with E-state index >= 15 is 0 Å². The highest BCUT2D eigenvalue weighted by Gasteiger charge is 2.26. The number of methoxy groups -OCH3 is 1. The summed E-state index contributed by atoms with van der Waals surface area (Å²) in [4.78, 5) is 0. The molecule has 3 nitrogen and oxygen atoms in total. The Morgan fingerprint density at radius 2 is 2.20 bits per heavy atom. The zero-order valence-corrected chi connectivity index (χ0v) is 13.3. The number of para-hydroxylation sites is 1. The van der Waals surface area contributed by atoms with Gasteiger partial charge in [0.05, 0.1) is 13.7 Å². The quantitative estimate of drug-likeness (QED) is 0.905. The average molecular weight is 296 g/mol. The normalized spacial score (nSPS) is 19.7. The van der Waals surface area contributed by atoms with E-state index < -0.39 is 0 Å². The van der Waals surface area contributed by atoms with Gasteiger partial charge in [-0.15, -0.1) is 0 Å². The zero-order chi connectivity index (χ0) is 14.6. The molecule has 0 aliphatic carbocycles. The molecule has 1 aromatic carbocycles. The number of aliphatic hydroxyl groups is 1. The Morgan fingerprint density at radius 3 is 2.80 bits per heavy atom. The van der Waals surface area contributed by atoms with Gasteiger partial charge in [-0.05, 0) is 24.7 Å². The molecule has 1 unspecified atom stereocenters. The van der Waals surface area contributed by atoms with Gasteiger partial charge in [0, 0.05) is 16.7 Å². The van der Waals surface area contributed by atoms with Crippen LogP contribution in [-0.4, -0.2) is 36.4 Å². The Balaban J connectivity index is 2.26. The van der Waals surface area contributed by atoms with E-state index in [1.54, 1.807) is 7.11 Å². The van der Waals surface area contributed by atoms with Crippen molar-refractivity contribution in [3.63, 3.8) is 0 Å². The van der Waals surface area contributed by atoms with Crippen LogP contribution in [0.25, 0.3) is 0 Å². The van der Waals surface area contributed by atoms with Crippen molar-refractivity contribution in [2.75, 3.05) is 25.2 Å². The fraction of sp³-hybridized carbons (Fsp3) is 0.625. The molecule has 4 heteroatoms. The lowest BCUT2D eigenvalue weighted by atomic mass is 9.85. The predicted molar refractivity (Wildman–Crippen MR) is 84.1 cm³/mol. The summed E-state index contributed by atoms with van der Waals surface area (Å²) in [5.41, 5.74) is 0.648. The Morgan fingerprint density at radius 1 is 1.40 bits per heavy atom. The lowest BCUT2D eigenvalue weighted by molar-refractivity contribution is 0.195. The van der Waals surface area contributed by atoms with Gasteiger partial charge < -0.3 is 14.6 Å². The number of thioether (sulfide) groups is 1. The second-order valence-electron chi connectivity index (χ2n) is 5.84. The van der Waals surface area contributed by atoms with Gasteiger partial charge in [-0.2, -0.15) is 11.8 Å². The highest BCUT2D eigenvalue weighted by atomic mass is 32.2. The minimum Gasteiger partial charge on any atom is -0.493 e. The van der Waals surface area contributed by atoms with Gasteiger partial charge in [0.25, 0.3) is 0 Å². The largest absolute Gasteiger partial charge is 0.493 e. The Kier molecular flexibility index (Phi) is 5.22. The number of rotatable bonds is 5. The second-order valence-corrected chi connectivity index (χ2v) is 6.99. The van der Waals surface area contributed by atoms with E-state index in [0.29, 0.717) is 0 Å². The molecular formula is C16H24O3S. The van der Waals surface area contributed by atoms with Gasteiger partial charge in [-0.1, -0.05) is 26.0 Å². The number of hydrogen-bond acceptors (Lipinski definition) is 4. The molecule has 1 atom stereocenters. The van der Waals surface area contributed by atoms with Crippen molar-refractivity contribution in [3.8, 4) is 11.5 Å². The van der Waals surface area contributed by atoms with Gasteiger partial charge in [0.15, 0.2) is 11.5 Å². The van der Waals surface area contributed by atoms with E-state index in [4.69, 9.17) is 9.47 Å². The third-order valence-corrected chi connectivity index (χ3v) is 4.90. The van der Waals surface area contributed by atoms with E-state index in [2.05, 4.69) is 0 Å². The molecule has 0 saturated carbocycles. The number of aliphatic hydroxyl groups excluding tert-OH is 1. The monoisotopic (exact) mass is 296 g/mol. The summed E-state index contributed by atoms with van der Waals surface area (Å²) in [5.74, 6) is 3.81. The molecule has 0 radical (unpaired) electrons. The van der Waals surface area contributed by atoms with Crippen LogP contribution in [0.15, 0.2) is 18.2 Å². The maximum Gasteiger partial charge on any atom is 0.164 e. The van der Waals surface area contributed by atoms with Crippen LogP contribution in [0.2, 0.25) is 0 Å². The summed E-state index contributed by atoms with van der Waals surface area (Å²) in [6, 6.07) is 5.92. The van der Waals surface area contributed by atoms with Crippen molar-refractivity contribution >= 4 is 11.8 Å². The maximum atomic E-state index is 9.58. The van der Waals surface area contributed by atoms with E-state index in [0.717, 1.165) is 29.2 Å². The first-order chi connectivity index (χ1) is 9.58. The van der Waals surface area contributed by atoms with Crippen molar-refractivity contribution in [2.24, 2.45) is 0 Å². The fourth-order valence-corrected chi connectivity index (χ4v) is 3.46. The fourth-order valence-electron chi connectivity index (χ4n) is 2.42. The molecule has 1 heterocycles. The maximum absolute atomic E-state index is 9.58. The van der Waals surface area contributed by atoms with E-state index in [-0.39, 0.29) is 18.1 Å². The number of hydrogen-bond donors (Lipinski definition) is 1. The predicted octanol–water partition coefficient (Wildman–Crippen LogP) is 3.24. The molecule has 20 heavy (non-hydrogen) atoms. The molecule has 112 valence electrons. The first-order valence-electron chi connectivity index (χ1n) is 7.11. The minimum atomic E-state index is -0.341. The van der Waals surface area contributed by atoms with Gasteiger partial charge >= 0.3 is 0 Å². The van der Waals surface area contributed by atoms with Gasteiger partial charge in [-0.25, -0.2) is 0 Å². The van der Waals surface area contributed by atoms with Crippen molar-refractivity contribution in [1.82, 2.24) is 0 Å². The van der Waals surface area contributed by atoms with Crippen molar-refractivity contribution in [3.05, 3.63) is 23.8 Å². The van der Waals surface area contributed by atoms with Gasteiger partial charge in [0.2, 0.25) is 0 Å². The molecule has 0 bridgehead atoms. The second kappa shape index (κ2) is 6.72. The van der Waals surface area contributed by atoms with E-state index in [9.17, 15) is 5.11 Å². The molecule has 2 rings (SSSR count). The standard InChI is InChI=1S/C16H24O3S/c1-16(2,11-17)13-7-4-8-14(15(13)18-3)19-12-6-5-9-20-10-12/h4,7-8,12,17H,5-6,9-11H2,1-3H3. The van der Waals surface area contributed by atoms with Crippen LogP contribution in [0.4, 0.5) is 0 Å². The number of ether oxygens (including phenoxy) is 2. The van der Waals surface area contributed by atoms with Crippen LogP contribution in [0.3, 0.4) is 0 Å². The van der Waals surface area contributed by atoms with Crippen LogP contribution in [-0.2, 0) is 5.41 Å². The third-order valence-electron chi connectivity index (χ3n) is 3.72. The number of benzene rings is 1. The average Bonchev–Trinajstić information content (AvgIpc) is 2.48. The van der Waals surface area contributed by atoms with Gasteiger partial charge in [0.1, 0.15) is 6.10 Å². The molecule has 1 aliphatic heterocycles. The first kappa shape index (κ1) is 15.5. The molecule has 1 fully saturated rings. The van der Waals surface area contributed by atoms with Crippen molar-refractivity contribution in [1.29, 1.82) is 0 Å². The summed E-state index contributed by atoms with van der Waals surface area (Å²) < 4.78 is 11.7. The summed E-state index contributed by atoms with van der Waals surface area (Å²) >= 11 is 1.94. The Labute approximate surface area is 125 Å². The molecule has 0 spiro atoms. The smallest absolute Gasteiger partial charge is 0.164 e. The van der Waals surface area contributed by atoms with Crippen LogP contribution >= 0.6 is 11.8 Å². The summed E-state index contributed by atoms with van der Waals surface area (Å²) in [5, 5.41) is 9.58. The summed E-state index contributed by atoms with van der Waals surface area (Å²) in [6.45, 7) is 4.09. The Hall–Kier alpha value is -0.870. The van der Waals surface area contributed by atoms with Crippen LogP contribution in [0.1, 0.15) is 32.3 Å². The van der Waals surface area contributed by atoms with Crippen molar-refractivity contribution < 1.29 is 14.6 Å². The van der Waals surface area contributed by atoms with Crippen LogP contribution < -0.4 is 9.47 Å². The minimum absolute atomic E-state index is 0.0755. The first-order valence-corrected chi connectivity index (χ1v) is 8.26. The zero-order valence-electron chi connectivity index (χ0n) is 12.5. The third kappa shape index (κ3) is 3.41. The van der Waals surface area contributed by atoms with Crippen LogP contribution in [0, 0.1) is 0 Å². The van der Waals surface area contributed by atoms with E-state index in [1.807, 2.05) is 43.8 Å². The highest BCUT2D eigenvalue weighted by Crippen LogP contribution is 2.39. The lowest BCUT2D eigenvalue weighted by Crippen LogP contribution is -2.25. The van der Waals surface area contributed by atoms with E-state index in [1.165, 1.54) is 12.2 Å². The van der Waals surface area contributed by atoms with Gasteiger partial charge in [-0.3, -0.25) is 0 Å². The highest BCUT2D eigenvalue weighted by molar-refractivity contribution is 7.99. The molecular weight excluding hydrogens is 272 g/mol. The Bertz CT molecular complexity index is 439. The SMILES string of the molecule is COc1c(OC2CCCSC2)cccc1C(C)(C)CO. The molecule has 1 N–H and O–H groups in total. The molecule has 0 amide bonds. The molecule has 1 saturated heterocycles. The topological polar surface area (TPSA) is 38.7 Å². The molecule has 1 aliphatic rings. The van der Waals surface area contributed by atoms with Crippen LogP contribution in [0.5, 0.6) is 11.5 Å². The van der Waals surface area contributed by atoms with Crippen molar-refractivity contribution in [2.45, 2.75) is 38.2 Å². The lowest BCUT2D eigenvalue weighted by Gasteiger charge is -2.28. The molecule has 1 aromatic rings.